The zero-order chi connectivity index (χ0) is 22.3. The first-order chi connectivity index (χ1) is 15.7. The molecule has 0 radical (unpaired) electrons. The Balaban J connectivity index is 0.000000775. The molecule has 1 unspecified atom stereocenters. The Bertz CT molecular complexity index is 1200. The Morgan fingerprint density at radius 3 is 2.53 bits per heavy atom. The maximum atomic E-state index is 12.6. The van der Waals surface area contributed by atoms with E-state index in [9.17, 15) is 4.79 Å². The summed E-state index contributed by atoms with van der Waals surface area (Å²) < 4.78 is 1.16. The van der Waals surface area contributed by atoms with Crippen LogP contribution in [0.1, 0.15) is 5.69 Å². The van der Waals surface area contributed by atoms with E-state index in [1.54, 1.807) is 17.5 Å². The van der Waals surface area contributed by atoms with Gasteiger partial charge in [0.15, 0.2) is 0 Å². The van der Waals surface area contributed by atoms with Crippen molar-refractivity contribution in [1.29, 1.82) is 0 Å². The number of benzene rings is 2. The molecular formula is C22H17Cl2N5OPtS. The SMILES string of the molecule is O=C(Nc1ccc(-c2nc3ccccc3s2)cc1)C1CNC(c2ccccn2)=N1.[Cl][Pt][Cl]. The van der Waals surface area contributed by atoms with Gasteiger partial charge in [-0.1, -0.05) is 18.2 Å². The predicted octanol–water partition coefficient (Wildman–Crippen LogP) is 5.09. The van der Waals surface area contributed by atoms with E-state index < -0.39 is 22.5 Å². The number of carbonyl (C=O) groups is 1. The molecule has 0 saturated heterocycles. The van der Waals surface area contributed by atoms with E-state index in [4.69, 9.17) is 18.8 Å². The number of aromatic nitrogens is 2. The molecule has 1 aliphatic heterocycles. The van der Waals surface area contributed by atoms with Gasteiger partial charge >= 0.3 is 35.3 Å². The van der Waals surface area contributed by atoms with E-state index in [0.29, 0.717) is 12.4 Å². The van der Waals surface area contributed by atoms with Gasteiger partial charge in [-0.25, -0.2) is 4.98 Å². The van der Waals surface area contributed by atoms with Crippen LogP contribution >= 0.6 is 30.2 Å². The first-order valence-corrected chi connectivity index (χ1v) is 15.9. The van der Waals surface area contributed by atoms with Crippen molar-refractivity contribution in [3.63, 3.8) is 0 Å². The third-order valence-electron chi connectivity index (χ3n) is 4.65. The summed E-state index contributed by atoms with van der Waals surface area (Å²) in [6.45, 7) is 0.460. The van der Waals surface area contributed by atoms with Crippen molar-refractivity contribution in [1.82, 2.24) is 15.3 Å². The van der Waals surface area contributed by atoms with Crippen LogP contribution in [-0.4, -0.2) is 34.3 Å². The standard InChI is InChI=1S/C22H17N5OS.2ClH.Pt/c28-21(18-13-24-20(26-18)17-6-3-4-12-23-17)25-15-10-8-14(9-11-15)22-27-16-5-1-2-7-19(16)29-22;;;/h1-12,18H,13H2,(H,24,26)(H,25,28);2*1H;/q;;;+2/p-2. The Kier molecular flexibility index (Phi) is 7.87. The number of halogens is 2. The number of carbonyl (C=O) groups excluding carboxylic acids is 1. The van der Waals surface area contributed by atoms with E-state index in [0.717, 1.165) is 32.2 Å². The molecule has 0 spiro atoms. The molecule has 2 N–H and O–H groups in total. The summed E-state index contributed by atoms with van der Waals surface area (Å²) in [5.41, 5.74) is 3.51. The Morgan fingerprint density at radius 1 is 1.06 bits per heavy atom. The van der Waals surface area contributed by atoms with E-state index in [1.807, 2.05) is 60.7 Å². The van der Waals surface area contributed by atoms with Crippen LogP contribution in [0.15, 0.2) is 77.9 Å². The summed E-state index contributed by atoms with van der Waals surface area (Å²) in [5.74, 6) is 0.508. The normalized spacial score (nSPS) is 14.9. The molecule has 2 aromatic heterocycles. The van der Waals surface area contributed by atoms with Gasteiger partial charge in [0.1, 0.15) is 22.6 Å². The van der Waals surface area contributed by atoms with Crippen molar-refractivity contribution in [2.45, 2.75) is 6.04 Å². The second-order valence-corrected chi connectivity index (χ2v) is 11.0. The average molecular weight is 665 g/mol. The molecule has 0 saturated carbocycles. The quantitative estimate of drug-likeness (QED) is 0.319. The number of hydrogen-bond acceptors (Lipinski definition) is 6. The van der Waals surface area contributed by atoms with Gasteiger partial charge in [-0.3, -0.25) is 14.8 Å². The molecule has 6 nitrogen and oxygen atoms in total. The number of aliphatic imine (C=N–C) groups is 1. The van der Waals surface area contributed by atoms with Gasteiger partial charge in [0, 0.05) is 24.0 Å². The van der Waals surface area contributed by atoms with Crippen molar-refractivity contribution in [2.24, 2.45) is 4.99 Å². The molecule has 166 valence electrons. The Morgan fingerprint density at radius 2 is 1.81 bits per heavy atom. The van der Waals surface area contributed by atoms with Gasteiger partial charge in [-0.15, -0.1) is 11.3 Å². The number of thiazole rings is 1. The fourth-order valence-electron chi connectivity index (χ4n) is 3.17. The molecule has 1 aliphatic rings. The molecule has 3 heterocycles. The molecule has 0 fully saturated rings. The summed E-state index contributed by atoms with van der Waals surface area (Å²) in [6, 6.07) is 21.0. The van der Waals surface area contributed by atoms with Crippen molar-refractivity contribution in [3.8, 4) is 10.6 Å². The predicted molar refractivity (Wildman–Crippen MR) is 128 cm³/mol. The Labute approximate surface area is 205 Å². The van der Waals surface area contributed by atoms with Crippen LogP contribution in [0.25, 0.3) is 20.8 Å². The maximum absolute atomic E-state index is 12.6. The monoisotopic (exact) mass is 664 g/mol. The number of anilines is 1. The van der Waals surface area contributed by atoms with Crippen LogP contribution in [0.2, 0.25) is 0 Å². The van der Waals surface area contributed by atoms with Crippen LogP contribution in [0, 0.1) is 0 Å². The zero-order valence-corrected chi connectivity index (χ0v) is 21.0. The van der Waals surface area contributed by atoms with Crippen LogP contribution in [0.3, 0.4) is 0 Å². The molecule has 2 aromatic carbocycles. The van der Waals surface area contributed by atoms with Gasteiger partial charge in [-0.05, 0) is 48.5 Å². The van der Waals surface area contributed by atoms with E-state index in [1.165, 1.54) is 0 Å². The number of amidine groups is 1. The second-order valence-electron chi connectivity index (χ2n) is 6.69. The fourth-order valence-corrected chi connectivity index (χ4v) is 4.14. The number of pyridine rings is 1. The fraction of sp³-hybridized carbons (Fsp3) is 0.0909. The van der Waals surface area contributed by atoms with Crippen molar-refractivity contribution < 1.29 is 21.3 Å². The Hall–Kier alpha value is -2.31. The number of nitrogens with one attached hydrogen (secondary N) is 2. The number of rotatable bonds is 4. The second kappa shape index (κ2) is 11.0. The van der Waals surface area contributed by atoms with Crippen molar-refractivity contribution in [2.75, 3.05) is 11.9 Å². The third-order valence-corrected chi connectivity index (χ3v) is 5.74. The van der Waals surface area contributed by atoms with Crippen LogP contribution in [0.4, 0.5) is 5.69 Å². The summed E-state index contributed by atoms with van der Waals surface area (Å²) in [5, 5.41) is 7.06. The number of para-hydroxylation sites is 1. The average Bonchev–Trinajstić information content (AvgIpc) is 3.48. The summed E-state index contributed by atoms with van der Waals surface area (Å²) in [7, 11) is 9.75. The number of fused-ring (bicyclic) bond motifs is 1. The van der Waals surface area contributed by atoms with E-state index in [2.05, 4.69) is 31.7 Å². The molecule has 5 rings (SSSR count). The van der Waals surface area contributed by atoms with Crippen LogP contribution < -0.4 is 10.6 Å². The topological polar surface area (TPSA) is 79.3 Å². The molecule has 1 amide bonds. The molecule has 32 heavy (non-hydrogen) atoms. The van der Waals surface area contributed by atoms with Gasteiger partial charge in [-0.2, -0.15) is 0 Å². The first kappa shape index (κ1) is 22.9. The minimum atomic E-state index is -0.476. The minimum absolute atomic E-state index is 0.142. The van der Waals surface area contributed by atoms with E-state index in [-0.39, 0.29) is 5.91 Å². The van der Waals surface area contributed by atoms with Gasteiger partial charge in [0.25, 0.3) is 5.91 Å². The van der Waals surface area contributed by atoms with Gasteiger partial charge in [0.05, 0.1) is 10.2 Å². The summed E-state index contributed by atoms with van der Waals surface area (Å²) in [6.07, 6.45) is 1.71. The third kappa shape index (κ3) is 5.54. The van der Waals surface area contributed by atoms with Crippen molar-refractivity contribution in [3.05, 3.63) is 78.6 Å². The van der Waals surface area contributed by atoms with E-state index >= 15 is 0 Å². The number of hydrogen-bond donors (Lipinski definition) is 2. The van der Waals surface area contributed by atoms with Crippen LogP contribution in [-0.2, 0) is 21.3 Å². The molecule has 1 atom stereocenters. The zero-order valence-electron chi connectivity index (χ0n) is 16.4. The first-order valence-electron chi connectivity index (χ1n) is 9.50. The number of amides is 1. The molecule has 10 heteroatoms. The number of nitrogens with zero attached hydrogens (tertiary/aromatic N) is 3. The molecule has 0 aliphatic carbocycles. The van der Waals surface area contributed by atoms with Crippen LogP contribution in [0.5, 0.6) is 0 Å². The summed E-state index contributed by atoms with van der Waals surface area (Å²) >= 11 is 1.19. The molecule has 0 bridgehead atoms. The molecular weight excluding hydrogens is 648 g/mol. The van der Waals surface area contributed by atoms with Gasteiger partial charge in [0.2, 0.25) is 0 Å². The summed E-state index contributed by atoms with van der Waals surface area (Å²) in [4.78, 5) is 26.0. The molecule has 4 aromatic rings. The van der Waals surface area contributed by atoms with Gasteiger partial charge < -0.3 is 10.6 Å². The van der Waals surface area contributed by atoms with Crippen molar-refractivity contribution >= 4 is 57.8 Å².